The summed E-state index contributed by atoms with van der Waals surface area (Å²) in [6.07, 6.45) is 6.26. The summed E-state index contributed by atoms with van der Waals surface area (Å²) >= 11 is 0. The zero-order valence-electron chi connectivity index (χ0n) is 19.2. The number of aliphatic hydroxyl groups is 1. The Morgan fingerprint density at radius 2 is 1.58 bits per heavy atom. The topological polar surface area (TPSA) is 51.2 Å². The van der Waals surface area contributed by atoms with E-state index in [4.69, 9.17) is 4.74 Å². The lowest BCUT2D eigenvalue weighted by molar-refractivity contribution is 0.0502. The molecule has 0 radical (unpaired) electrons. The minimum absolute atomic E-state index is 0.366. The molecule has 3 aliphatic heterocycles. The molecular formula is C25H42N4O2. The Morgan fingerprint density at radius 3 is 2.29 bits per heavy atom. The minimum atomic E-state index is -0.431. The molecule has 6 nitrogen and oxygen atoms in total. The zero-order valence-corrected chi connectivity index (χ0v) is 19.2. The number of β-amino-alcohol motifs (C(OH)–C–C–N with tert-alkyl or cyclic N) is 1. The van der Waals surface area contributed by atoms with Gasteiger partial charge in [-0.2, -0.15) is 0 Å². The van der Waals surface area contributed by atoms with E-state index in [2.05, 4.69) is 32.1 Å². The summed E-state index contributed by atoms with van der Waals surface area (Å²) in [4.78, 5) is 7.56. The van der Waals surface area contributed by atoms with Crippen LogP contribution in [0.25, 0.3) is 0 Å². The van der Waals surface area contributed by atoms with Gasteiger partial charge in [0, 0.05) is 45.8 Å². The van der Waals surface area contributed by atoms with E-state index >= 15 is 0 Å². The van der Waals surface area contributed by atoms with Crippen LogP contribution in [-0.2, 0) is 6.54 Å². The van der Waals surface area contributed by atoms with Gasteiger partial charge in [-0.3, -0.25) is 4.90 Å². The van der Waals surface area contributed by atoms with Gasteiger partial charge in [0.1, 0.15) is 18.5 Å². The maximum atomic E-state index is 10.5. The molecule has 31 heavy (non-hydrogen) atoms. The fourth-order valence-corrected chi connectivity index (χ4v) is 5.22. The Kier molecular flexibility index (Phi) is 9.02. The zero-order chi connectivity index (χ0) is 21.3. The number of likely N-dealkylation sites (tertiary alicyclic amines) is 2. The molecule has 4 rings (SSSR count). The molecule has 3 saturated heterocycles. The molecule has 3 fully saturated rings. The van der Waals surface area contributed by atoms with Gasteiger partial charge in [0.05, 0.1) is 0 Å². The summed E-state index contributed by atoms with van der Waals surface area (Å²) in [5.74, 6) is 1.69. The van der Waals surface area contributed by atoms with Gasteiger partial charge in [-0.15, -0.1) is 0 Å². The number of aliphatic hydroxyl groups excluding tert-OH is 1. The van der Waals surface area contributed by atoms with E-state index in [1.165, 1.54) is 57.3 Å². The van der Waals surface area contributed by atoms with Gasteiger partial charge in [0.2, 0.25) is 0 Å². The van der Waals surface area contributed by atoms with Gasteiger partial charge in [0.25, 0.3) is 0 Å². The van der Waals surface area contributed by atoms with Crippen molar-refractivity contribution in [1.29, 1.82) is 0 Å². The van der Waals surface area contributed by atoms with Crippen LogP contribution in [-0.4, -0.2) is 98.0 Å². The van der Waals surface area contributed by atoms with Crippen LogP contribution in [0.2, 0.25) is 0 Å². The highest BCUT2D eigenvalue weighted by Gasteiger charge is 2.23. The van der Waals surface area contributed by atoms with Crippen LogP contribution in [0.4, 0.5) is 0 Å². The Labute approximate surface area is 188 Å². The van der Waals surface area contributed by atoms with Crippen LogP contribution < -0.4 is 10.1 Å². The third-order valence-electron chi connectivity index (χ3n) is 7.12. The number of piperazine rings is 1. The molecule has 0 amide bonds. The summed E-state index contributed by atoms with van der Waals surface area (Å²) in [6.45, 7) is 12.6. The molecule has 0 bridgehead atoms. The van der Waals surface area contributed by atoms with Gasteiger partial charge in [-0.05, 0) is 75.5 Å². The average molecular weight is 431 g/mol. The van der Waals surface area contributed by atoms with Crippen molar-refractivity contribution in [3.8, 4) is 5.75 Å². The molecule has 1 atom stereocenters. The number of nitrogens with zero attached hydrogens (tertiary/aromatic N) is 3. The largest absolute Gasteiger partial charge is 0.491 e. The quantitative estimate of drug-likeness (QED) is 0.625. The summed E-state index contributed by atoms with van der Waals surface area (Å²) in [6, 6.07) is 8.38. The maximum Gasteiger partial charge on any atom is 0.119 e. The SMILES string of the molecule is OC(COc1ccc(CN2CCNCC2)cc1)CN1CCC(CN2CCCCC2)CC1. The van der Waals surface area contributed by atoms with E-state index in [1.54, 1.807) is 0 Å². The molecule has 0 spiro atoms. The molecule has 3 heterocycles. The van der Waals surface area contributed by atoms with Crippen molar-refractivity contribution in [1.82, 2.24) is 20.0 Å². The predicted molar refractivity (Wildman–Crippen MR) is 126 cm³/mol. The first-order valence-corrected chi connectivity index (χ1v) is 12.5. The minimum Gasteiger partial charge on any atom is -0.491 e. The summed E-state index contributed by atoms with van der Waals surface area (Å²) in [5, 5.41) is 13.9. The number of piperidine rings is 2. The number of benzene rings is 1. The normalized spacial score (nSPS) is 23.6. The molecule has 2 N–H and O–H groups in total. The molecule has 3 aliphatic rings. The molecule has 0 aromatic heterocycles. The molecular weight excluding hydrogens is 388 g/mol. The fourth-order valence-electron chi connectivity index (χ4n) is 5.22. The molecule has 0 aliphatic carbocycles. The van der Waals surface area contributed by atoms with Crippen molar-refractivity contribution in [2.75, 3.05) is 72.1 Å². The van der Waals surface area contributed by atoms with Gasteiger partial charge in [0.15, 0.2) is 0 Å². The van der Waals surface area contributed by atoms with Crippen LogP contribution in [0.3, 0.4) is 0 Å². The first-order valence-electron chi connectivity index (χ1n) is 12.5. The first kappa shape index (κ1) is 23.0. The van der Waals surface area contributed by atoms with Crippen LogP contribution in [0, 0.1) is 5.92 Å². The van der Waals surface area contributed by atoms with Crippen LogP contribution >= 0.6 is 0 Å². The number of hydrogen-bond donors (Lipinski definition) is 2. The highest BCUT2D eigenvalue weighted by Crippen LogP contribution is 2.21. The standard InChI is InChI=1S/C25H42N4O2/c30-24(20-28-14-8-23(9-15-28)19-27-12-2-1-3-13-27)21-31-25-6-4-22(5-7-25)18-29-16-10-26-11-17-29/h4-7,23-24,26,30H,1-3,8-21H2. The summed E-state index contributed by atoms with van der Waals surface area (Å²) < 4.78 is 5.87. The Morgan fingerprint density at radius 1 is 0.871 bits per heavy atom. The summed E-state index contributed by atoms with van der Waals surface area (Å²) in [7, 11) is 0. The van der Waals surface area contributed by atoms with Crippen LogP contribution in [0.1, 0.15) is 37.7 Å². The van der Waals surface area contributed by atoms with Gasteiger partial charge < -0.3 is 25.0 Å². The fraction of sp³-hybridized carbons (Fsp3) is 0.760. The Balaban J connectivity index is 1.11. The lowest BCUT2D eigenvalue weighted by Crippen LogP contribution is -2.43. The van der Waals surface area contributed by atoms with Crippen molar-refractivity contribution in [3.63, 3.8) is 0 Å². The Bertz CT molecular complexity index is 621. The molecule has 0 saturated carbocycles. The van der Waals surface area contributed by atoms with E-state index < -0.39 is 6.10 Å². The Hall–Kier alpha value is -1.18. The first-order chi connectivity index (χ1) is 15.2. The predicted octanol–water partition coefficient (Wildman–Crippen LogP) is 2.03. The second-order valence-corrected chi connectivity index (χ2v) is 9.74. The van der Waals surface area contributed by atoms with E-state index in [1.807, 2.05) is 12.1 Å². The second kappa shape index (κ2) is 12.2. The highest BCUT2D eigenvalue weighted by atomic mass is 16.5. The van der Waals surface area contributed by atoms with E-state index in [0.717, 1.165) is 64.0 Å². The molecule has 174 valence electrons. The lowest BCUT2D eigenvalue weighted by atomic mass is 9.95. The highest BCUT2D eigenvalue weighted by molar-refractivity contribution is 5.27. The van der Waals surface area contributed by atoms with Crippen LogP contribution in [0.15, 0.2) is 24.3 Å². The number of hydrogen-bond acceptors (Lipinski definition) is 6. The van der Waals surface area contributed by atoms with Gasteiger partial charge in [-0.1, -0.05) is 18.6 Å². The second-order valence-electron chi connectivity index (χ2n) is 9.74. The molecule has 1 unspecified atom stereocenters. The third kappa shape index (κ3) is 7.72. The van der Waals surface area contributed by atoms with Crippen molar-refractivity contribution >= 4 is 0 Å². The van der Waals surface area contributed by atoms with Gasteiger partial charge in [-0.25, -0.2) is 0 Å². The third-order valence-corrected chi connectivity index (χ3v) is 7.12. The molecule has 6 heteroatoms. The lowest BCUT2D eigenvalue weighted by Gasteiger charge is -2.36. The van der Waals surface area contributed by atoms with Crippen molar-refractivity contribution in [3.05, 3.63) is 29.8 Å². The van der Waals surface area contributed by atoms with Gasteiger partial charge >= 0.3 is 0 Å². The van der Waals surface area contributed by atoms with E-state index in [9.17, 15) is 5.11 Å². The summed E-state index contributed by atoms with van der Waals surface area (Å²) in [5.41, 5.74) is 1.32. The smallest absolute Gasteiger partial charge is 0.119 e. The van der Waals surface area contributed by atoms with Crippen LogP contribution in [0.5, 0.6) is 5.75 Å². The molecule has 1 aromatic carbocycles. The number of rotatable bonds is 9. The number of nitrogens with one attached hydrogen (secondary N) is 1. The van der Waals surface area contributed by atoms with E-state index in [-0.39, 0.29) is 0 Å². The van der Waals surface area contributed by atoms with E-state index in [0.29, 0.717) is 6.61 Å². The molecule has 1 aromatic rings. The average Bonchev–Trinajstić information content (AvgIpc) is 2.81. The van der Waals surface area contributed by atoms with Crippen molar-refractivity contribution in [2.24, 2.45) is 5.92 Å². The van der Waals surface area contributed by atoms with Crippen molar-refractivity contribution in [2.45, 2.75) is 44.8 Å². The number of ether oxygens (including phenoxy) is 1. The van der Waals surface area contributed by atoms with Crippen molar-refractivity contribution < 1.29 is 9.84 Å². The monoisotopic (exact) mass is 430 g/mol. The maximum absolute atomic E-state index is 10.5.